The number of esters is 1. The fraction of sp³-hybridized carbons (Fsp3) is 0.440. The number of benzene rings is 2. The fourth-order valence-electron chi connectivity index (χ4n) is 4.77. The molecule has 1 aromatic heterocycles. The molecule has 1 amide bonds. The number of methoxy groups -OCH3 is 1. The van der Waals surface area contributed by atoms with Crippen LogP contribution in [0.4, 0.5) is 0 Å². The highest BCUT2D eigenvalue weighted by molar-refractivity contribution is 5.77. The first kappa shape index (κ1) is 22.3. The Balaban J connectivity index is 1.29. The lowest BCUT2D eigenvalue weighted by atomic mass is 10.0. The number of carbonyl (C=O) groups excluding carboxylic acids is 2. The summed E-state index contributed by atoms with van der Waals surface area (Å²) >= 11 is 0. The minimum atomic E-state index is -0.205. The largest absolute Gasteiger partial charge is 0.491 e. The molecule has 1 unspecified atom stereocenters. The molecular weight excluding hydrogens is 434 g/mol. The standard InChI is InChI=1S/C25H29N5O4/c1-33-25(32)22-8-4-5-11-28(22)15-18-9-10-23-19(14-18)16-29(12-13-34-23)24(31)17-30-26-20-6-2-3-7-21(20)27-30/h2-3,6-7,9-10,14,22H,4-5,8,11-13,15-17H2,1H3. The molecule has 178 valence electrons. The summed E-state index contributed by atoms with van der Waals surface area (Å²) in [6.45, 7) is 3.00. The smallest absolute Gasteiger partial charge is 0.323 e. The van der Waals surface area contributed by atoms with Gasteiger partial charge in [0.15, 0.2) is 0 Å². The monoisotopic (exact) mass is 463 g/mol. The number of piperidine rings is 1. The number of rotatable bonds is 5. The number of ether oxygens (including phenoxy) is 2. The lowest BCUT2D eigenvalue weighted by Crippen LogP contribution is -2.44. The van der Waals surface area contributed by atoms with Crippen LogP contribution < -0.4 is 4.74 Å². The van der Waals surface area contributed by atoms with Gasteiger partial charge in [-0.3, -0.25) is 14.5 Å². The van der Waals surface area contributed by atoms with Gasteiger partial charge in [-0.1, -0.05) is 24.6 Å². The van der Waals surface area contributed by atoms with E-state index in [0.29, 0.717) is 26.2 Å². The number of likely N-dealkylation sites (tertiary alicyclic amines) is 1. The van der Waals surface area contributed by atoms with Gasteiger partial charge in [-0.15, -0.1) is 0 Å². The Kier molecular flexibility index (Phi) is 6.44. The highest BCUT2D eigenvalue weighted by atomic mass is 16.5. The van der Waals surface area contributed by atoms with Gasteiger partial charge in [0.1, 0.15) is 36.0 Å². The first-order chi connectivity index (χ1) is 16.6. The molecule has 2 aliphatic rings. The maximum atomic E-state index is 13.1. The summed E-state index contributed by atoms with van der Waals surface area (Å²) in [5, 5.41) is 8.81. The maximum absolute atomic E-state index is 13.1. The summed E-state index contributed by atoms with van der Waals surface area (Å²) in [4.78, 5) is 30.7. The van der Waals surface area contributed by atoms with E-state index in [1.165, 1.54) is 11.9 Å². The Morgan fingerprint density at radius 3 is 2.65 bits per heavy atom. The van der Waals surface area contributed by atoms with Gasteiger partial charge in [-0.2, -0.15) is 15.0 Å². The third kappa shape index (κ3) is 4.75. The molecule has 9 heteroatoms. The number of hydrogen-bond acceptors (Lipinski definition) is 7. The summed E-state index contributed by atoms with van der Waals surface area (Å²) in [7, 11) is 1.45. The molecule has 0 spiro atoms. The average Bonchev–Trinajstić information content (AvgIpc) is 3.14. The van der Waals surface area contributed by atoms with Crippen LogP contribution in [-0.2, 0) is 34.0 Å². The topological polar surface area (TPSA) is 89.8 Å². The van der Waals surface area contributed by atoms with E-state index in [4.69, 9.17) is 9.47 Å². The van der Waals surface area contributed by atoms with Gasteiger partial charge in [0, 0.05) is 18.7 Å². The van der Waals surface area contributed by atoms with Crippen LogP contribution in [0.5, 0.6) is 5.75 Å². The van der Waals surface area contributed by atoms with Gasteiger partial charge in [0.05, 0.1) is 13.7 Å². The van der Waals surface area contributed by atoms with Gasteiger partial charge >= 0.3 is 5.97 Å². The van der Waals surface area contributed by atoms with E-state index in [0.717, 1.165) is 53.7 Å². The molecule has 5 rings (SSSR count). The van der Waals surface area contributed by atoms with Gasteiger partial charge in [0.2, 0.25) is 5.91 Å². The third-order valence-electron chi connectivity index (χ3n) is 6.53. The molecule has 9 nitrogen and oxygen atoms in total. The predicted molar refractivity (Wildman–Crippen MR) is 125 cm³/mol. The van der Waals surface area contributed by atoms with E-state index in [2.05, 4.69) is 21.2 Å². The number of fused-ring (bicyclic) bond motifs is 2. The molecule has 3 heterocycles. The Morgan fingerprint density at radius 2 is 1.88 bits per heavy atom. The van der Waals surface area contributed by atoms with Crippen LogP contribution in [0.15, 0.2) is 42.5 Å². The minimum Gasteiger partial charge on any atom is -0.491 e. The molecule has 0 N–H and O–H groups in total. The summed E-state index contributed by atoms with van der Waals surface area (Å²) in [5.41, 5.74) is 3.60. The van der Waals surface area contributed by atoms with E-state index in [9.17, 15) is 9.59 Å². The second-order valence-corrected chi connectivity index (χ2v) is 8.83. The first-order valence-electron chi connectivity index (χ1n) is 11.7. The molecule has 2 aromatic carbocycles. The molecule has 1 saturated heterocycles. The Bertz CT molecular complexity index is 1160. The predicted octanol–water partition coefficient (Wildman–Crippen LogP) is 2.38. The van der Waals surface area contributed by atoms with Gasteiger partial charge in [-0.25, -0.2) is 0 Å². The van der Waals surface area contributed by atoms with E-state index in [1.54, 1.807) is 4.90 Å². The number of amides is 1. The van der Waals surface area contributed by atoms with Crippen LogP contribution in [0.1, 0.15) is 30.4 Å². The highest BCUT2D eigenvalue weighted by Gasteiger charge is 2.30. The second-order valence-electron chi connectivity index (χ2n) is 8.83. The number of aromatic nitrogens is 3. The minimum absolute atomic E-state index is 0.0519. The van der Waals surface area contributed by atoms with Gasteiger partial charge < -0.3 is 14.4 Å². The van der Waals surface area contributed by atoms with Crippen molar-refractivity contribution in [1.82, 2.24) is 24.8 Å². The molecule has 0 bridgehead atoms. The number of carbonyl (C=O) groups is 2. The first-order valence-corrected chi connectivity index (χ1v) is 11.7. The van der Waals surface area contributed by atoms with Crippen LogP contribution in [0.2, 0.25) is 0 Å². The molecule has 0 radical (unpaired) electrons. The zero-order valence-electron chi connectivity index (χ0n) is 19.4. The molecule has 3 aromatic rings. The van der Waals surface area contributed by atoms with Crippen LogP contribution >= 0.6 is 0 Å². The van der Waals surface area contributed by atoms with Crippen molar-refractivity contribution in [3.8, 4) is 5.75 Å². The van der Waals surface area contributed by atoms with Crippen molar-refractivity contribution in [3.63, 3.8) is 0 Å². The van der Waals surface area contributed by atoms with Crippen LogP contribution in [0.3, 0.4) is 0 Å². The third-order valence-corrected chi connectivity index (χ3v) is 6.53. The zero-order chi connectivity index (χ0) is 23.5. The molecule has 1 atom stereocenters. The fourth-order valence-corrected chi connectivity index (χ4v) is 4.77. The Labute approximate surface area is 198 Å². The van der Waals surface area contributed by atoms with Crippen molar-refractivity contribution < 1.29 is 19.1 Å². The van der Waals surface area contributed by atoms with Crippen LogP contribution in [0, 0.1) is 0 Å². The van der Waals surface area contributed by atoms with Gasteiger partial charge in [-0.05, 0) is 49.2 Å². The second kappa shape index (κ2) is 9.80. The maximum Gasteiger partial charge on any atom is 0.323 e. The summed E-state index contributed by atoms with van der Waals surface area (Å²) in [5.74, 6) is 0.573. The molecule has 1 fully saturated rings. The van der Waals surface area contributed by atoms with Crippen molar-refractivity contribution in [2.24, 2.45) is 0 Å². The van der Waals surface area contributed by atoms with Crippen molar-refractivity contribution >= 4 is 22.9 Å². The molecule has 0 aliphatic carbocycles. The quantitative estimate of drug-likeness (QED) is 0.537. The molecule has 0 saturated carbocycles. The number of hydrogen-bond donors (Lipinski definition) is 0. The SMILES string of the molecule is COC(=O)C1CCCCN1Cc1ccc2c(c1)CN(C(=O)Cn1nc3ccccc3n1)CCO2. The van der Waals surface area contributed by atoms with E-state index < -0.39 is 0 Å². The summed E-state index contributed by atoms with van der Waals surface area (Å²) in [6.07, 6.45) is 2.92. The van der Waals surface area contributed by atoms with Crippen LogP contribution in [0.25, 0.3) is 11.0 Å². The Morgan fingerprint density at radius 1 is 1.09 bits per heavy atom. The van der Waals surface area contributed by atoms with Crippen molar-refractivity contribution in [2.45, 2.75) is 44.9 Å². The zero-order valence-corrected chi connectivity index (χ0v) is 19.4. The Hall–Kier alpha value is -3.46. The molecule has 34 heavy (non-hydrogen) atoms. The lowest BCUT2D eigenvalue weighted by molar-refractivity contribution is -0.148. The van der Waals surface area contributed by atoms with E-state index >= 15 is 0 Å². The van der Waals surface area contributed by atoms with Crippen molar-refractivity contribution in [1.29, 1.82) is 0 Å². The van der Waals surface area contributed by atoms with Crippen molar-refractivity contribution in [2.75, 3.05) is 26.8 Å². The van der Waals surface area contributed by atoms with Gasteiger partial charge in [0.25, 0.3) is 0 Å². The number of nitrogens with zero attached hydrogens (tertiary/aromatic N) is 5. The summed E-state index contributed by atoms with van der Waals surface area (Å²) < 4.78 is 10.9. The molecular formula is C25H29N5O4. The molecule has 2 aliphatic heterocycles. The van der Waals surface area contributed by atoms with Crippen molar-refractivity contribution in [3.05, 3.63) is 53.6 Å². The van der Waals surface area contributed by atoms with Crippen LogP contribution in [-0.4, -0.2) is 69.5 Å². The average molecular weight is 464 g/mol. The van der Waals surface area contributed by atoms with E-state index in [-0.39, 0.29) is 24.5 Å². The highest BCUT2D eigenvalue weighted by Crippen LogP contribution is 2.27. The normalized spacial score (nSPS) is 18.7. The summed E-state index contributed by atoms with van der Waals surface area (Å²) in [6, 6.07) is 13.5. The lowest BCUT2D eigenvalue weighted by Gasteiger charge is -2.33. The van der Waals surface area contributed by atoms with E-state index in [1.807, 2.05) is 36.4 Å².